The number of aromatic amines is 1. The van der Waals surface area contributed by atoms with Crippen LogP contribution >= 0.6 is 0 Å². The molecule has 132 valence electrons. The molecule has 5 rings (SSSR count). The van der Waals surface area contributed by atoms with Gasteiger partial charge in [0.05, 0.1) is 16.4 Å². The first kappa shape index (κ1) is 15.7. The number of hydrogen-bond acceptors (Lipinski definition) is 3. The van der Waals surface area contributed by atoms with E-state index in [1.165, 1.54) is 10.9 Å². The molecule has 0 aliphatic rings. The first-order chi connectivity index (χ1) is 13.3. The van der Waals surface area contributed by atoms with Gasteiger partial charge in [-0.3, -0.25) is 0 Å². The number of nitrogens with one attached hydrogen (secondary N) is 2. The van der Waals surface area contributed by atoms with Gasteiger partial charge in [0.15, 0.2) is 0 Å². The van der Waals surface area contributed by atoms with Crippen molar-refractivity contribution in [3.8, 4) is 5.75 Å². The molecule has 0 bridgehead atoms. The third-order valence-electron chi connectivity index (χ3n) is 4.99. The Bertz CT molecular complexity index is 1260. The van der Waals surface area contributed by atoms with Gasteiger partial charge in [0.2, 0.25) is 0 Å². The van der Waals surface area contributed by atoms with Crippen LogP contribution in [0.1, 0.15) is 5.56 Å². The highest BCUT2D eigenvalue weighted by Gasteiger charge is 2.13. The molecule has 27 heavy (non-hydrogen) atoms. The minimum Gasteiger partial charge on any atom is -0.508 e. The van der Waals surface area contributed by atoms with Crippen LogP contribution in [0.5, 0.6) is 5.75 Å². The Balaban J connectivity index is 1.58. The van der Waals surface area contributed by atoms with Crippen molar-refractivity contribution in [3.63, 3.8) is 0 Å². The molecule has 0 fully saturated rings. The van der Waals surface area contributed by atoms with Crippen LogP contribution in [0.4, 0.5) is 5.82 Å². The topological polar surface area (TPSA) is 60.9 Å². The predicted molar refractivity (Wildman–Crippen MR) is 111 cm³/mol. The molecule has 0 saturated heterocycles. The monoisotopic (exact) mass is 353 g/mol. The van der Waals surface area contributed by atoms with Crippen LogP contribution in [-0.4, -0.2) is 21.6 Å². The summed E-state index contributed by atoms with van der Waals surface area (Å²) in [6.45, 7) is 0.769. The molecule has 0 atom stereocenters. The Morgan fingerprint density at radius 3 is 2.44 bits per heavy atom. The lowest BCUT2D eigenvalue weighted by molar-refractivity contribution is 0.475. The summed E-state index contributed by atoms with van der Waals surface area (Å²) in [5, 5.41) is 16.4. The van der Waals surface area contributed by atoms with Gasteiger partial charge in [-0.05, 0) is 36.2 Å². The van der Waals surface area contributed by atoms with E-state index in [-0.39, 0.29) is 0 Å². The molecular formula is C23H19N3O. The molecular weight excluding hydrogens is 334 g/mol. The second-order valence-corrected chi connectivity index (χ2v) is 6.74. The number of anilines is 1. The summed E-state index contributed by atoms with van der Waals surface area (Å²) in [5.41, 5.74) is 4.39. The first-order valence-corrected chi connectivity index (χ1v) is 9.10. The van der Waals surface area contributed by atoms with Gasteiger partial charge < -0.3 is 15.4 Å². The van der Waals surface area contributed by atoms with Gasteiger partial charge in [-0.15, -0.1) is 0 Å². The molecule has 0 amide bonds. The van der Waals surface area contributed by atoms with E-state index >= 15 is 0 Å². The van der Waals surface area contributed by atoms with E-state index in [0.29, 0.717) is 5.75 Å². The highest BCUT2D eigenvalue weighted by atomic mass is 16.3. The van der Waals surface area contributed by atoms with Crippen molar-refractivity contribution < 1.29 is 5.11 Å². The molecule has 3 N–H and O–H groups in total. The Morgan fingerprint density at radius 2 is 1.59 bits per heavy atom. The molecule has 0 saturated carbocycles. The number of rotatable bonds is 4. The smallest absolute Gasteiger partial charge is 0.136 e. The van der Waals surface area contributed by atoms with Crippen LogP contribution in [0, 0.1) is 0 Å². The van der Waals surface area contributed by atoms with E-state index in [1.807, 2.05) is 36.4 Å². The lowest BCUT2D eigenvalue weighted by atomic mass is 10.1. The van der Waals surface area contributed by atoms with Gasteiger partial charge in [0, 0.05) is 22.8 Å². The normalized spacial score (nSPS) is 11.4. The number of benzene rings is 3. The predicted octanol–water partition coefficient (Wildman–Crippen LogP) is 5.23. The number of H-pyrrole nitrogens is 1. The van der Waals surface area contributed by atoms with Crippen LogP contribution in [0.3, 0.4) is 0 Å². The minimum absolute atomic E-state index is 0.295. The molecule has 4 nitrogen and oxygen atoms in total. The van der Waals surface area contributed by atoms with Gasteiger partial charge >= 0.3 is 0 Å². The molecule has 4 heteroatoms. The lowest BCUT2D eigenvalue weighted by Gasteiger charge is -2.10. The lowest BCUT2D eigenvalue weighted by Crippen LogP contribution is -2.06. The number of fused-ring (bicyclic) bond motifs is 5. The maximum atomic E-state index is 9.43. The summed E-state index contributed by atoms with van der Waals surface area (Å²) in [6, 6.07) is 23.9. The van der Waals surface area contributed by atoms with Crippen molar-refractivity contribution in [1.29, 1.82) is 0 Å². The van der Waals surface area contributed by atoms with Gasteiger partial charge in [-0.1, -0.05) is 48.5 Å². The number of hydrogen-bond donors (Lipinski definition) is 3. The standard InChI is InChI=1S/C23H19N3O/c27-16-11-9-15(10-12-16)13-14-24-23-21-17-5-1-3-7-19(17)25-22(21)18-6-2-4-8-20(18)26-23/h1-12,25,27H,13-14H2,(H,24,26). The third-order valence-corrected chi connectivity index (χ3v) is 4.99. The third kappa shape index (κ3) is 2.75. The summed E-state index contributed by atoms with van der Waals surface area (Å²) in [5.74, 6) is 1.20. The van der Waals surface area contributed by atoms with Crippen molar-refractivity contribution in [2.24, 2.45) is 0 Å². The molecule has 0 radical (unpaired) electrons. The average molecular weight is 353 g/mol. The van der Waals surface area contributed by atoms with Gasteiger partial charge in [-0.2, -0.15) is 0 Å². The van der Waals surface area contributed by atoms with E-state index in [9.17, 15) is 5.11 Å². The molecule has 3 aromatic carbocycles. The molecule has 0 spiro atoms. The average Bonchev–Trinajstić information content (AvgIpc) is 3.10. The summed E-state index contributed by atoms with van der Waals surface area (Å²) in [6.07, 6.45) is 0.860. The van der Waals surface area contributed by atoms with Crippen LogP contribution in [-0.2, 0) is 6.42 Å². The number of para-hydroxylation sites is 2. The van der Waals surface area contributed by atoms with Crippen molar-refractivity contribution in [2.75, 3.05) is 11.9 Å². The van der Waals surface area contributed by atoms with Crippen LogP contribution in [0.15, 0.2) is 72.8 Å². The van der Waals surface area contributed by atoms with Gasteiger partial charge in [0.25, 0.3) is 0 Å². The molecule has 5 aromatic rings. The number of aromatic nitrogens is 2. The maximum absolute atomic E-state index is 9.43. The molecule has 0 aliphatic carbocycles. The molecule has 0 aliphatic heterocycles. The largest absolute Gasteiger partial charge is 0.508 e. The quantitative estimate of drug-likeness (QED) is 0.415. The number of phenols is 1. The zero-order valence-corrected chi connectivity index (χ0v) is 14.7. The fraction of sp³-hybridized carbons (Fsp3) is 0.0870. The van der Waals surface area contributed by atoms with Crippen molar-refractivity contribution in [1.82, 2.24) is 9.97 Å². The number of phenolic OH excluding ortho intramolecular Hbond substituents is 1. The SMILES string of the molecule is Oc1ccc(CCNc2nc3ccccc3c3[nH]c4ccccc4c23)cc1. The van der Waals surface area contributed by atoms with E-state index in [1.54, 1.807) is 12.1 Å². The Hall–Kier alpha value is -3.53. The number of aromatic hydroxyl groups is 1. The fourth-order valence-corrected chi connectivity index (χ4v) is 3.66. The van der Waals surface area contributed by atoms with Gasteiger partial charge in [0.1, 0.15) is 11.6 Å². The van der Waals surface area contributed by atoms with Gasteiger partial charge in [-0.25, -0.2) is 4.98 Å². The van der Waals surface area contributed by atoms with Crippen LogP contribution in [0.2, 0.25) is 0 Å². The summed E-state index contributed by atoms with van der Waals surface area (Å²) in [7, 11) is 0. The fourth-order valence-electron chi connectivity index (χ4n) is 3.66. The highest BCUT2D eigenvalue weighted by Crippen LogP contribution is 2.34. The van der Waals surface area contributed by atoms with Crippen molar-refractivity contribution in [2.45, 2.75) is 6.42 Å². The van der Waals surface area contributed by atoms with Crippen molar-refractivity contribution in [3.05, 3.63) is 78.4 Å². The number of pyridine rings is 1. The van der Waals surface area contributed by atoms with E-state index in [0.717, 1.165) is 46.1 Å². The van der Waals surface area contributed by atoms with Crippen molar-refractivity contribution >= 4 is 38.5 Å². The number of nitrogens with zero attached hydrogens (tertiary/aromatic N) is 1. The zero-order chi connectivity index (χ0) is 18.2. The zero-order valence-electron chi connectivity index (χ0n) is 14.7. The summed E-state index contributed by atoms with van der Waals surface area (Å²) in [4.78, 5) is 8.47. The highest BCUT2D eigenvalue weighted by molar-refractivity contribution is 6.20. The Morgan fingerprint density at radius 1 is 0.852 bits per heavy atom. The van der Waals surface area contributed by atoms with Crippen LogP contribution < -0.4 is 5.32 Å². The second kappa shape index (κ2) is 6.32. The van der Waals surface area contributed by atoms with E-state index in [2.05, 4.69) is 34.6 Å². The Kier molecular flexibility index (Phi) is 3.68. The molecule has 0 unspecified atom stereocenters. The summed E-state index contributed by atoms with van der Waals surface area (Å²) >= 11 is 0. The first-order valence-electron chi connectivity index (χ1n) is 9.10. The minimum atomic E-state index is 0.295. The maximum Gasteiger partial charge on any atom is 0.136 e. The van der Waals surface area contributed by atoms with E-state index in [4.69, 9.17) is 4.98 Å². The molecule has 2 heterocycles. The van der Waals surface area contributed by atoms with Crippen LogP contribution in [0.25, 0.3) is 32.7 Å². The summed E-state index contributed by atoms with van der Waals surface area (Å²) < 4.78 is 0. The van der Waals surface area contributed by atoms with E-state index < -0.39 is 0 Å². The second-order valence-electron chi connectivity index (χ2n) is 6.74. The Labute approximate surface area is 156 Å². The molecule has 2 aromatic heterocycles.